The maximum absolute atomic E-state index is 12.3. The summed E-state index contributed by atoms with van der Waals surface area (Å²) in [5.74, 6) is -1.24. The maximum Gasteiger partial charge on any atom is 0.307 e. The van der Waals surface area contributed by atoms with Gasteiger partial charge in [-0.15, -0.1) is 0 Å². The van der Waals surface area contributed by atoms with Crippen molar-refractivity contribution in [2.45, 2.75) is 53.4 Å². The predicted octanol–water partition coefficient (Wildman–Crippen LogP) is 2.68. The van der Waals surface area contributed by atoms with Crippen LogP contribution in [0, 0.1) is 28.6 Å². The molecule has 0 aromatic heterocycles. The summed E-state index contributed by atoms with van der Waals surface area (Å²) in [4.78, 5) is 23.5. The molecule has 0 bridgehead atoms. The zero-order chi connectivity index (χ0) is 15.1. The summed E-state index contributed by atoms with van der Waals surface area (Å²) >= 11 is 0. The maximum atomic E-state index is 12.3. The van der Waals surface area contributed by atoms with Gasteiger partial charge in [-0.3, -0.25) is 9.59 Å². The molecule has 2 fully saturated rings. The summed E-state index contributed by atoms with van der Waals surface area (Å²) in [6, 6.07) is 0. The highest BCUT2D eigenvalue weighted by Gasteiger charge is 2.64. The van der Waals surface area contributed by atoms with E-state index in [4.69, 9.17) is 0 Å². The van der Waals surface area contributed by atoms with E-state index in [2.05, 4.69) is 33.0 Å². The molecule has 4 nitrogen and oxygen atoms in total. The van der Waals surface area contributed by atoms with Crippen LogP contribution in [0.25, 0.3) is 0 Å². The molecule has 0 aromatic rings. The molecule has 20 heavy (non-hydrogen) atoms. The number of carbonyl (C=O) groups is 2. The number of nitrogens with one attached hydrogen (secondary N) is 1. The Morgan fingerprint density at radius 2 is 1.55 bits per heavy atom. The van der Waals surface area contributed by atoms with Gasteiger partial charge in [-0.25, -0.2) is 0 Å². The number of amides is 1. The zero-order valence-electron chi connectivity index (χ0n) is 13.0. The first-order valence-electron chi connectivity index (χ1n) is 7.70. The minimum absolute atomic E-state index is 0.0596. The molecular formula is C16H27NO3. The van der Waals surface area contributed by atoms with Crippen molar-refractivity contribution in [2.24, 2.45) is 28.6 Å². The number of carbonyl (C=O) groups excluding carboxylic acids is 1. The summed E-state index contributed by atoms with van der Waals surface area (Å²) in [5.41, 5.74) is 0.498. The van der Waals surface area contributed by atoms with Gasteiger partial charge in [-0.1, -0.05) is 40.5 Å². The molecule has 1 amide bonds. The van der Waals surface area contributed by atoms with Crippen LogP contribution in [0.3, 0.4) is 0 Å². The number of carboxylic acids is 1. The van der Waals surface area contributed by atoms with Crippen LogP contribution in [0.15, 0.2) is 0 Å². The Morgan fingerprint density at radius 1 is 1.05 bits per heavy atom. The SMILES string of the molecule is CC1(C)C(CNC(=O)[C@@H]2CCCC[C@@H]2C(=O)O)C1(C)C. The topological polar surface area (TPSA) is 66.4 Å². The Kier molecular flexibility index (Phi) is 3.87. The lowest BCUT2D eigenvalue weighted by atomic mass is 9.78. The second kappa shape index (κ2) is 5.05. The van der Waals surface area contributed by atoms with Gasteiger partial charge in [0.15, 0.2) is 0 Å². The van der Waals surface area contributed by atoms with Crippen LogP contribution in [0.2, 0.25) is 0 Å². The molecule has 2 saturated carbocycles. The fourth-order valence-electron chi connectivity index (χ4n) is 3.92. The van der Waals surface area contributed by atoms with E-state index in [9.17, 15) is 14.7 Å². The van der Waals surface area contributed by atoms with Gasteiger partial charge in [0.25, 0.3) is 0 Å². The van der Waals surface area contributed by atoms with Gasteiger partial charge in [0.05, 0.1) is 11.8 Å². The van der Waals surface area contributed by atoms with Crippen LogP contribution in [0.1, 0.15) is 53.4 Å². The Labute approximate surface area is 121 Å². The third kappa shape index (κ3) is 2.45. The monoisotopic (exact) mass is 281 g/mol. The van der Waals surface area contributed by atoms with E-state index in [1.165, 1.54) is 0 Å². The van der Waals surface area contributed by atoms with Gasteiger partial charge >= 0.3 is 5.97 Å². The Balaban J connectivity index is 1.90. The normalized spacial score (nSPS) is 31.6. The fourth-order valence-corrected chi connectivity index (χ4v) is 3.92. The van der Waals surface area contributed by atoms with Crippen molar-refractivity contribution in [2.75, 3.05) is 6.54 Å². The summed E-state index contributed by atoms with van der Waals surface area (Å²) in [6.45, 7) is 9.58. The summed E-state index contributed by atoms with van der Waals surface area (Å²) in [5, 5.41) is 12.2. The van der Waals surface area contributed by atoms with E-state index in [-0.39, 0.29) is 22.7 Å². The molecule has 2 rings (SSSR count). The third-order valence-corrected chi connectivity index (χ3v) is 6.22. The minimum atomic E-state index is -0.822. The highest BCUT2D eigenvalue weighted by molar-refractivity contribution is 5.84. The summed E-state index contributed by atoms with van der Waals surface area (Å²) in [7, 11) is 0. The molecule has 0 aliphatic heterocycles. The first-order chi connectivity index (χ1) is 9.19. The number of hydrogen-bond acceptors (Lipinski definition) is 2. The van der Waals surface area contributed by atoms with E-state index in [1.54, 1.807) is 0 Å². The number of hydrogen-bond donors (Lipinski definition) is 2. The molecule has 2 N–H and O–H groups in total. The van der Waals surface area contributed by atoms with Crippen molar-refractivity contribution in [1.29, 1.82) is 0 Å². The Hall–Kier alpha value is -1.06. The first kappa shape index (κ1) is 15.3. The Morgan fingerprint density at radius 3 is 2.00 bits per heavy atom. The fraction of sp³-hybridized carbons (Fsp3) is 0.875. The molecular weight excluding hydrogens is 254 g/mol. The van der Waals surface area contributed by atoms with Crippen molar-refractivity contribution in [1.82, 2.24) is 5.32 Å². The standard InChI is InChI=1S/C16H27NO3/c1-15(2)12(16(15,3)4)9-17-13(18)10-7-5-6-8-11(10)14(19)20/h10-12H,5-9H2,1-4H3,(H,17,18)(H,19,20)/t10-,11+/m1/s1. The van der Waals surface area contributed by atoms with Crippen molar-refractivity contribution in [3.8, 4) is 0 Å². The van der Waals surface area contributed by atoms with E-state index < -0.39 is 11.9 Å². The van der Waals surface area contributed by atoms with Crippen LogP contribution in [-0.2, 0) is 9.59 Å². The highest BCUT2D eigenvalue weighted by Crippen LogP contribution is 2.67. The summed E-state index contributed by atoms with van der Waals surface area (Å²) < 4.78 is 0. The number of carboxylic acid groups (broad SMARTS) is 1. The molecule has 2 atom stereocenters. The van der Waals surface area contributed by atoms with Gasteiger partial charge in [0, 0.05) is 6.54 Å². The molecule has 0 heterocycles. The average molecular weight is 281 g/mol. The van der Waals surface area contributed by atoms with Crippen LogP contribution < -0.4 is 5.32 Å². The van der Waals surface area contributed by atoms with Gasteiger partial charge < -0.3 is 10.4 Å². The van der Waals surface area contributed by atoms with Crippen LogP contribution >= 0.6 is 0 Å². The average Bonchev–Trinajstić information content (AvgIpc) is 2.76. The van der Waals surface area contributed by atoms with Gasteiger partial charge in [0.1, 0.15) is 0 Å². The summed E-state index contributed by atoms with van der Waals surface area (Å²) in [6.07, 6.45) is 3.22. The van der Waals surface area contributed by atoms with E-state index in [1.807, 2.05) is 0 Å². The Bertz CT molecular complexity index is 400. The van der Waals surface area contributed by atoms with Crippen LogP contribution in [-0.4, -0.2) is 23.5 Å². The lowest BCUT2D eigenvalue weighted by Crippen LogP contribution is -2.40. The molecule has 0 radical (unpaired) electrons. The lowest BCUT2D eigenvalue weighted by Gasteiger charge is -2.27. The molecule has 4 heteroatoms. The largest absolute Gasteiger partial charge is 0.481 e. The zero-order valence-corrected chi connectivity index (χ0v) is 13.0. The van der Waals surface area contributed by atoms with Crippen LogP contribution in [0.5, 0.6) is 0 Å². The lowest BCUT2D eigenvalue weighted by molar-refractivity contribution is -0.148. The molecule has 2 aliphatic rings. The van der Waals surface area contributed by atoms with E-state index in [0.717, 1.165) is 12.8 Å². The predicted molar refractivity (Wildman–Crippen MR) is 77.1 cm³/mol. The smallest absolute Gasteiger partial charge is 0.307 e. The first-order valence-corrected chi connectivity index (χ1v) is 7.70. The minimum Gasteiger partial charge on any atom is -0.481 e. The van der Waals surface area contributed by atoms with Crippen molar-refractivity contribution >= 4 is 11.9 Å². The third-order valence-electron chi connectivity index (χ3n) is 6.22. The number of rotatable bonds is 4. The van der Waals surface area contributed by atoms with Crippen LogP contribution in [0.4, 0.5) is 0 Å². The molecule has 0 aromatic carbocycles. The molecule has 0 unspecified atom stereocenters. The van der Waals surface area contributed by atoms with E-state index >= 15 is 0 Å². The van der Waals surface area contributed by atoms with Gasteiger partial charge in [0.2, 0.25) is 5.91 Å². The van der Waals surface area contributed by atoms with Crippen molar-refractivity contribution < 1.29 is 14.7 Å². The highest BCUT2D eigenvalue weighted by atomic mass is 16.4. The molecule has 2 aliphatic carbocycles. The number of aliphatic carboxylic acids is 1. The van der Waals surface area contributed by atoms with E-state index in [0.29, 0.717) is 25.3 Å². The molecule has 0 spiro atoms. The second-order valence-corrected chi connectivity index (χ2v) is 7.58. The van der Waals surface area contributed by atoms with Gasteiger partial charge in [-0.05, 0) is 29.6 Å². The molecule has 0 saturated heterocycles. The quantitative estimate of drug-likeness (QED) is 0.832. The van der Waals surface area contributed by atoms with Crippen molar-refractivity contribution in [3.63, 3.8) is 0 Å². The molecule has 114 valence electrons. The second-order valence-electron chi connectivity index (χ2n) is 7.58. The van der Waals surface area contributed by atoms with Crippen molar-refractivity contribution in [3.05, 3.63) is 0 Å². The van der Waals surface area contributed by atoms with Gasteiger partial charge in [-0.2, -0.15) is 0 Å².